The summed E-state index contributed by atoms with van der Waals surface area (Å²) in [5.74, 6) is 1.84. The largest absolute Gasteiger partial charge is 0.497 e. The Morgan fingerprint density at radius 1 is 1.21 bits per heavy atom. The molecule has 1 aromatic heterocycles. The Kier molecular flexibility index (Phi) is 2.83. The smallest absolute Gasteiger partial charge is 0.138 e. The van der Waals surface area contributed by atoms with Crippen LogP contribution >= 0.6 is 33.9 Å². The molecule has 0 atom stereocenters. The maximum absolute atomic E-state index is 5.29. The SMILES string of the molecule is COc1cc(I)c2c(OC)csc2c1. The highest BCUT2D eigenvalue weighted by molar-refractivity contribution is 14.1. The van der Waals surface area contributed by atoms with Gasteiger partial charge in [0.2, 0.25) is 0 Å². The number of halogens is 1. The van der Waals surface area contributed by atoms with Crippen LogP contribution in [0.4, 0.5) is 0 Å². The van der Waals surface area contributed by atoms with Gasteiger partial charge in [-0.3, -0.25) is 0 Å². The fourth-order valence-corrected chi connectivity index (χ4v) is 3.34. The second-order valence-electron chi connectivity index (χ2n) is 2.79. The third-order valence-corrected chi connectivity index (χ3v) is 3.78. The topological polar surface area (TPSA) is 18.5 Å². The number of benzene rings is 1. The fraction of sp³-hybridized carbons (Fsp3) is 0.200. The molecular weight excluding hydrogens is 311 g/mol. The van der Waals surface area contributed by atoms with Gasteiger partial charge in [-0.25, -0.2) is 0 Å². The first kappa shape index (κ1) is 10.0. The first-order valence-corrected chi connectivity index (χ1v) is 6.01. The summed E-state index contributed by atoms with van der Waals surface area (Å²) in [6.07, 6.45) is 0. The first-order valence-electron chi connectivity index (χ1n) is 4.05. The molecular formula is C10H9IO2S. The monoisotopic (exact) mass is 320 g/mol. The van der Waals surface area contributed by atoms with Gasteiger partial charge in [-0.2, -0.15) is 0 Å². The van der Waals surface area contributed by atoms with E-state index >= 15 is 0 Å². The number of rotatable bonds is 2. The standard InChI is InChI=1S/C10H9IO2S/c1-12-6-3-7(11)10-8(13-2)5-14-9(10)4-6/h3-5H,1-2H3. The van der Waals surface area contributed by atoms with E-state index in [1.54, 1.807) is 25.6 Å². The fourth-order valence-electron chi connectivity index (χ4n) is 1.33. The number of hydrogen-bond donors (Lipinski definition) is 0. The summed E-state index contributed by atoms with van der Waals surface area (Å²) >= 11 is 3.97. The van der Waals surface area contributed by atoms with Gasteiger partial charge >= 0.3 is 0 Å². The minimum atomic E-state index is 0.895. The molecule has 4 heteroatoms. The molecule has 2 aromatic rings. The molecule has 1 aromatic carbocycles. The molecule has 0 bridgehead atoms. The van der Waals surface area contributed by atoms with Crippen molar-refractivity contribution < 1.29 is 9.47 Å². The molecule has 0 aliphatic heterocycles. The van der Waals surface area contributed by atoms with E-state index in [9.17, 15) is 0 Å². The third-order valence-electron chi connectivity index (χ3n) is 2.02. The molecule has 0 unspecified atom stereocenters. The molecule has 2 nitrogen and oxygen atoms in total. The second kappa shape index (κ2) is 3.94. The van der Waals surface area contributed by atoms with E-state index < -0.39 is 0 Å². The van der Waals surface area contributed by atoms with Crippen LogP contribution in [0.1, 0.15) is 0 Å². The van der Waals surface area contributed by atoms with Gasteiger partial charge < -0.3 is 9.47 Å². The van der Waals surface area contributed by atoms with Crippen LogP contribution in [0.3, 0.4) is 0 Å². The summed E-state index contributed by atoms with van der Waals surface area (Å²) < 4.78 is 12.9. The lowest BCUT2D eigenvalue weighted by atomic mass is 10.2. The molecule has 0 aliphatic carbocycles. The highest BCUT2D eigenvalue weighted by atomic mass is 127. The molecule has 14 heavy (non-hydrogen) atoms. The quantitative estimate of drug-likeness (QED) is 0.788. The highest BCUT2D eigenvalue weighted by Gasteiger charge is 2.09. The summed E-state index contributed by atoms with van der Waals surface area (Å²) in [6.45, 7) is 0. The van der Waals surface area contributed by atoms with E-state index in [-0.39, 0.29) is 0 Å². The Morgan fingerprint density at radius 2 is 2.00 bits per heavy atom. The van der Waals surface area contributed by atoms with Gasteiger partial charge in [-0.15, -0.1) is 11.3 Å². The zero-order valence-electron chi connectivity index (χ0n) is 7.83. The van der Waals surface area contributed by atoms with E-state index in [2.05, 4.69) is 22.6 Å². The van der Waals surface area contributed by atoms with Crippen LogP contribution in [0.5, 0.6) is 11.5 Å². The van der Waals surface area contributed by atoms with Gasteiger partial charge in [0, 0.05) is 19.0 Å². The summed E-state index contributed by atoms with van der Waals surface area (Å²) in [7, 11) is 3.38. The van der Waals surface area contributed by atoms with Crippen LogP contribution in [0.25, 0.3) is 10.1 Å². The van der Waals surface area contributed by atoms with Crippen molar-refractivity contribution >= 4 is 44.0 Å². The second-order valence-corrected chi connectivity index (χ2v) is 4.86. The zero-order chi connectivity index (χ0) is 10.1. The van der Waals surface area contributed by atoms with Gasteiger partial charge in [0.15, 0.2) is 0 Å². The van der Waals surface area contributed by atoms with E-state index in [1.165, 1.54) is 10.1 Å². The predicted octanol–water partition coefficient (Wildman–Crippen LogP) is 3.52. The highest BCUT2D eigenvalue weighted by Crippen LogP contribution is 2.37. The van der Waals surface area contributed by atoms with Gasteiger partial charge in [0.25, 0.3) is 0 Å². The lowest BCUT2D eigenvalue weighted by molar-refractivity contribution is 0.414. The van der Waals surface area contributed by atoms with Crippen LogP contribution in [0.2, 0.25) is 0 Å². The Bertz CT molecular complexity index is 464. The van der Waals surface area contributed by atoms with Crippen LogP contribution in [0, 0.1) is 3.57 Å². The van der Waals surface area contributed by atoms with Crippen molar-refractivity contribution in [2.75, 3.05) is 14.2 Å². The van der Waals surface area contributed by atoms with E-state index in [0.717, 1.165) is 15.1 Å². The molecule has 74 valence electrons. The van der Waals surface area contributed by atoms with Crippen molar-refractivity contribution in [2.24, 2.45) is 0 Å². The van der Waals surface area contributed by atoms with Crippen molar-refractivity contribution in [1.29, 1.82) is 0 Å². The average molecular weight is 320 g/mol. The molecule has 0 amide bonds. The third kappa shape index (κ3) is 1.56. The maximum atomic E-state index is 5.29. The number of thiophene rings is 1. The maximum Gasteiger partial charge on any atom is 0.138 e. The molecule has 0 radical (unpaired) electrons. The lowest BCUT2D eigenvalue weighted by Crippen LogP contribution is -1.85. The van der Waals surface area contributed by atoms with Gasteiger partial charge in [0.1, 0.15) is 11.5 Å². The Hall–Kier alpha value is -0.490. The minimum Gasteiger partial charge on any atom is -0.497 e. The molecule has 0 saturated carbocycles. The molecule has 0 spiro atoms. The first-order chi connectivity index (χ1) is 6.76. The molecule has 0 N–H and O–H groups in total. The van der Waals surface area contributed by atoms with Crippen LogP contribution in [0.15, 0.2) is 17.5 Å². The van der Waals surface area contributed by atoms with Crippen LogP contribution in [-0.4, -0.2) is 14.2 Å². The molecule has 1 heterocycles. The summed E-state index contributed by atoms with van der Waals surface area (Å²) in [6, 6.07) is 4.04. The average Bonchev–Trinajstić information content (AvgIpc) is 2.61. The zero-order valence-corrected chi connectivity index (χ0v) is 10.8. The molecule has 0 saturated heterocycles. The van der Waals surface area contributed by atoms with E-state index in [0.29, 0.717) is 0 Å². The van der Waals surface area contributed by atoms with Crippen molar-refractivity contribution in [2.45, 2.75) is 0 Å². The van der Waals surface area contributed by atoms with Crippen molar-refractivity contribution in [3.05, 3.63) is 21.1 Å². The van der Waals surface area contributed by atoms with Gasteiger partial charge in [0.05, 0.1) is 14.2 Å². The molecule has 2 rings (SSSR count). The number of ether oxygens (including phenoxy) is 2. The Balaban J connectivity index is 2.72. The minimum absolute atomic E-state index is 0.895. The van der Waals surface area contributed by atoms with Crippen molar-refractivity contribution in [3.63, 3.8) is 0 Å². The number of hydrogen-bond acceptors (Lipinski definition) is 3. The summed E-state index contributed by atoms with van der Waals surface area (Å²) in [4.78, 5) is 0. The lowest BCUT2D eigenvalue weighted by Gasteiger charge is -2.03. The van der Waals surface area contributed by atoms with E-state index in [1.807, 2.05) is 17.5 Å². The van der Waals surface area contributed by atoms with E-state index in [4.69, 9.17) is 9.47 Å². The van der Waals surface area contributed by atoms with Crippen molar-refractivity contribution in [1.82, 2.24) is 0 Å². The van der Waals surface area contributed by atoms with Crippen LogP contribution < -0.4 is 9.47 Å². The van der Waals surface area contributed by atoms with Crippen molar-refractivity contribution in [3.8, 4) is 11.5 Å². The van der Waals surface area contributed by atoms with Gasteiger partial charge in [-0.05, 0) is 34.7 Å². The molecule has 0 aliphatic rings. The number of fused-ring (bicyclic) bond motifs is 1. The van der Waals surface area contributed by atoms with Gasteiger partial charge in [-0.1, -0.05) is 0 Å². The Labute approximate surface area is 100.0 Å². The Morgan fingerprint density at radius 3 is 2.64 bits per heavy atom. The predicted molar refractivity (Wildman–Crippen MR) is 67.6 cm³/mol. The van der Waals surface area contributed by atoms with Crippen LogP contribution in [-0.2, 0) is 0 Å². The molecule has 0 fully saturated rings. The normalized spacial score (nSPS) is 10.5. The summed E-state index contributed by atoms with van der Waals surface area (Å²) in [5.41, 5.74) is 0. The summed E-state index contributed by atoms with van der Waals surface area (Å²) in [5, 5.41) is 3.20. The number of methoxy groups -OCH3 is 2.